The van der Waals surface area contributed by atoms with Gasteiger partial charge in [0.15, 0.2) is 0 Å². The second-order valence-corrected chi connectivity index (χ2v) is 3.74. The zero-order chi connectivity index (χ0) is 11.1. The van der Waals surface area contributed by atoms with Crippen LogP contribution < -0.4 is 0 Å². The number of H-pyrrole nitrogens is 1. The van der Waals surface area contributed by atoms with E-state index in [-0.39, 0.29) is 0 Å². The molecule has 1 aliphatic rings. The Morgan fingerprint density at radius 1 is 1.47 bits per heavy atom. The Bertz CT molecular complexity index is 279. The van der Waals surface area contributed by atoms with E-state index >= 15 is 0 Å². The molecule has 1 aromatic heterocycles. The second kappa shape index (κ2) is 6.11. The van der Waals surface area contributed by atoms with E-state index < -0.39 is 0 Å². The molecule has 2 rings (SSSR count). The van der Waals surface area contributed by atoms with Gasteiger partial charge in [0.1, 0.15) is 0 Å². The first-order chi connectivity index (χ1) is 7.22. The number of hydrogen-bond donors (Lipinski definition) is 1. The maximum atomic E-state index is 3.77. The molecule has 0 atom stereocenters. The maximum absolute atomic E-state index is 3.77. The molecule has 0 bridgehead atoms. The first-order valence-corrected chi connectivity index (χ1v) is 5.30. The lowest BCUT2D eigenvalue weighted by molar-refractivity contribution is 0.297. The summed E-state index contributed by atoms with van der Waals surface area (Å²) in [6.07, 6.45) is 8.92. The predicted octanol–water partition coefficient (Wildman–Crippen LogP) is 1.79. The molecule has 15 heavy (non-hydrogen) atoms. The molecule has 0 aromatic carbocycles. The van der Waals surface area contributed by atoms with Crippen LogP contribution in [0.25, 0.3) is 0 Å². The first-order valence-electron chi connectivity index (χ1n) is 5.30. The van der Waals surface area contributed by atoms with Crippen molar-refractivity contribution in [2.45, 2.75) is 20.3 Å². The molecule has 4 heteroatoms. The topological polar surface area (TPSA) is 35.2 Å². The highest BCUT2D eigenvalue weighted by Gasteiger charge is 2.04. The molecule has 0 radical (unpaired) electrons. The molecule has 84 valence electrons. The molecule has 4 nitrogen and oxygen atoms in total. The molecule has 0 aliphatic carbocycles. The van der Waals surface area contributed by atoms with Gasteiger partial charge in [-0.2, -0.15) is 0 Å². The van der Waals surface area contributed by atoms with E-state index in [0.29, 0.717) is 0 Å². The molecule has 0 amide bonds. The maximum Gasteiger partial charge on any atom is 0.0921 e. The van der Waals surface area contributed by atoms with Crippen LogP contribution in [0.3, 0.4) is 0 Å². The summed E-state index contributed by atoms with van der Waals surface area (Å²) in [6, 6.07) is 0. The van der Waals surface area contributed by atoms with Gasteiger partial charge in [0.2, 0.25) is 0 Å². The Hall–Kier alpha value is -1.45. The molecular weight excluding hydrogens is 188 g/mol. The van der Waals surface area contributed by atoms with Crippen LogP contribution in [0, 0.1) is 6.92 Å². The van der Waals surface area contributed by atoms with Gasteiger partial charge in [-0.1, -0.05) is 6.92 Å². The van der Waals surface area contributed by atoms with Crippen molar-refractivity contribution in [1.82, 2.24) is 19.8 Å². The van der Waals surface area contributed by atoms with E-state index in [1.807, 2.05) is 6.92 Å². The van der Waals surface area contributed by atoms with Crippen molar-refractivity contribution in [3.63, 3.8) is 0 Å². The van der Waals surface area contributed by atoms with Gasteiger partial charge in [-0.25, -0.2) is 4.98 Å². The van der Waals surface area contributed by atoms with Crippen molar-refractivity contribution >= 4 is 0 Å². The van der Waals surface area contributed by atoms with Crippen molar-refractivity contribution in [2.75, 3.05) is 20.3 Å². The highest BCUT2D eigenvalue weighted by molar-refractivity contribution is 4.88. The van der Waals surface area contributed by atoms with Gasteiger partial charge < -0.3 is 14.8 Å². The quantitative estimate of drug-likeness (QED) is 0.804. The van der Waals surface area contributed by atoms with Crippen LogP contribution in [0.5, 0.6) is 0 Å². The zero-order valence-electron chi connectivity index (χ0n) is 9.77. The highest BCUT2D eigenvalue weighted by Crippen LogP contribution is 2.02. The number of aromatic amines is 1. The van der Waals surface area contributed by atoms with E-state index in [9.17, 15) is 0 Å². The fourth-order valence-corrected chi connectivity index (χ4v) is 1.35. The molecule has 0 fully saturated rings. The second-order valence-electron chi connectivity index (χ2n) is 3.74. The standard InChI is InChI=1S/C7H14N2.C4H6N2/c1-3-4-9-6-5-8(2)7-9;1-4-2-5-3-6-4/h5-6H,3-4,7H2,1-2H3;2-3H,1H3,(H,5,6). The number of rotatable bonds is 2. The third-order valence-corrected chi connectivity index (χ3v) is 2.08. The SMILES string of the molecule is CCCN1C=CN(C)C1.Cc1cnc[nH]1. The average Bonchev–Trinajstić information content (AvgIpc) is 2.80. The van der Waals surface area contributed by atoms with E-state index in [2.05, 4.69) is 46.1 Å². The lowest BCUT2D eigenvalue weighted by Crippen LogP contribution is -2.22. The van der Waals surface area contributed by atoms with Crippen LogP contribution >= 0.6 is 0 Å². The Labute approximate surface area is 91.6 Å². The lowest BCUT2D eigenvalue weighted by Gasteiger charge is -2.16. The van der Waals surface area contributed by atoms with E-state index in [1.165, 1.54) is 13.0 Å². The Kier molecular flexibility index (Phi) is 4.74. The monoisotopic (exact) mass is 208 g/mol. The summed E-state index contributed by atoms with van der Waals surface area (Å²) in [5, 5.41) is 0. The van der Waals surface area contributed by atoms with Gasteiger partial charge in [0.05, 0.1) is 13.0 Å². The minimum Gasteiger partial charge on any atom is -0.362 e. The zero-order valence-corrected chi connectivity index (χ0v) is 9.77. The van der Waals surface area contributed by atoms with Crippen molar-refractivity contribution in [1.29, 1.82) is 0 Å². The molecule has 0 saturated heterocycles. The number of hydrogen-bond acceptors (Lipinski definition) is 3. The molecule has 1 aromatic rings. The summed E-state index contributed by atoms with van der Waals surface area (Å²) in [6.45, 7) is 6.41. The van der Waals surface area contributed by atoms with Gasteiger partial charge in [-0.3, -0.25) is 0 Å². The average molecular weight is 208 g/mol. The van der Waals surface area contributed by atoms with Gasteiger partial charge in [-0.05, 0) is 13.3 Å². The van der Waals surface area contributed by atoms with Crippen LogP contribution in [0.15, 0.2) is 24.9 Å². The number of aromatic nitrogens is 2. The summed E-state index contributed by atoms with van der Waals surface area (Å²) in [4.78, 5) is 11.1. The minimum absolute atomic E-state index is 1.06. The largest absolute Gasteiger partial charge is 0.362 e. The normalized spacial score (nSPS) is 14.1. The third kappa shape index (κ3) is 4.54. The first kappa shape index (κ1) is 11.6. The summed E-state index contributed by atoms with van der Waals surface area (Å²) < 4.78 is 0. The summed E-state index contributed by atoms with van der Waals surface area (Å²) in [5.41, 5.74) is 1.11. The van der Waals surface area contributed by atoms with E-state index in [4.69, 9.17) is 0 Å². The van der Waals surface area contributed by atoms with Crippen LogP contribution in [0.4, 0.5) is 0 Å². The lowest BCUT2D eigenvalue weighted by atomic mass is 10.4. The minimum atomic E-state index is 1.06. The predicted molar refractivity (Wildman–Crippen MR) is 62.1 cm³/mol. The van der Waals surface area contributed by atoms with Crippen molar-refractivity contribution in [3.8, 4) is 0 Å². The van der Waals surface area contributed by atoms with E-state index in [1.54, 1.807) is 12.5 Å². The van der Waals surface area contributed by atoms with Crippen LogP contribution in [-0.2, 0) is 0 Å². The molecule has 1 aliphatic heterocycles. The molecule has 0 unspecified atom stereocenters. The van der Waals surface area contributed by atoms with Gasteiger partial charge in [-0.15, -0.1) is 0 Å². The summed E-state index contributed by atoms with van der Waals surface area (Å²) in [7, 11) is 2.09. The van der Waals surface area contributed by atoms with Crippen molar-refractivity contribution in [2.24, 2.45) is 0 Å². The smallest absolute Gasteiger partial charge is 0.0921 e. The fraction of sp³-hybridized carbons (Fsp3) is 0.545. The molecule has 1 N–H and O–H groups in total. The van der Waals surface area contributed by atoms with Crippen LogP contribution in [-0.4, -0.2) is 40.0 Å². The number of aryl methyl sites for hydroxylation is 1. The number of imidazole rings is 1. The van der Waals surface area contributed by atoms with Crippen LogP contribution in [0.2, 0.25) is 0 Å². The van der Waals surface area contributed by atoms with Crippen molar-refractivity contribution < 1.29 is 0 Å². The Balaban J connectivity index is 0.000000162. The number of nitrogens with zero attached hydrogens (tertiary/aromatic N) is 3. The Morgan fingerprint density at radius 2 is 2.27 bits per heavy atom. The Morgan fingerprint density at radius 3 is 2.60 bits per heavy atom. The van der Waals surface area contributed by atoms with Gasteiger partial charge in [0, 0.05) is 37.9 Å². The summed E-state index contributed by atoms with van der Waals surface area (Å²) in [5.74, 6) is 0. The van der Waals surface area contributed by atoms with E-state index in [0.717, 1.165) is 12.4 Å². The molecule has 0 spiro atoms. The highest BCUT2D eigenvalue weighted by atomic mass is 15.3. The summed E-state index contributed by atoms with van der Waals surface area (Å²) >= 11 is 0. The van der Waals surface area contributed by atoms with Gasteiger partial charge in [0.25, 0.3) is 0 Å². The molecule has 0 saturated carbocycles. The molecule has 2 heterocycles. The van der Waals surface area contributed by atoms with Gasteiger partial charge >= 0.3 is 0 Å². The fourth-order valence-electron chi connectivity index (χ4n) is 1.35. The molecular formula is C11H20N4. The van der Waals surface area contributed by atoms with Crippen molar-refractivity contribution in [3.05, 3.63) is 30.6 Å². The van der Waals surface area contributed by atoms with Crippen LogP contribution in [0.1, 0.15) is 19.0 Å². The number of nitrogens with one attached hydrogen (secondary N) is 1. The third-order valence-electron chi connectivity index (χ3n) is 2.08.